The van der Waals surface area contributed by atoms with Crippen LogP contribution in [-0.4, -0.2) is 39.1 Å². The number of nitrogens with zero attached hydrogens (tertiary/aromatic N) is 3. The number of hydrogen-bond acceptors (Lipinski definition) is 9. The predicted molar refractivity (Wildman–Crippen MR) is 37.8 cm³/mol. The molecule has 12 heteroatoms. The zero-order valence-electron chi connectivity index (χ0n) is 6.97. The van der Waals surface area contributed by atoms with E-state index in [1.54, 1.807) is 0 Å². The monoisotopic (exact) mass is 227 g/mol. The lowest BCUT2D eigenvalue weighted by Gasteiger charge is -2.16. The third kappa shape index (κ3) is 4.51. The second-order valence-electron chi connectivity index (χ2n) is 2.23. The molecule has 0 heterocycles. The van der Waals surface area contributed by atoms with Crippen LogP contribution in [0.5, 0.6) is 0 Å². The first kappa shape index (κ1) is 12.8. The minimum Gasteiger partial charge on any atom is -0.328 e. The Morgan fingerprint density at radius 2 is 1.33 bits per heavy atom. The summed E-state index contributed by atoms with van der Waals surface area (Å²) >= 11 is 0. The van der Waals surface area contributed by atoms with Gasteiger partial charge in [-0.1, -0.05) is 0 Å². The highest BCUT2D eigenvalue weighted by molar-refractivity contribution is 4.61. The van der Waals surface area contributed by atoms with E-state index in [0.29, 0.717) is 0 Å². The maximum atomic E-state index is 10.2. The molecule has 0 amide bonds. The van der Waals surface area contributed by atoms with Crippen LogP contribution in [0, 0.1) is 30.3 Å². The minimum atomic E-state index is -3.04. The Bertz CT molecular complexity index is 258. The number of rotatable bonds is 7. The third-order valence-corrected chi connectivity index (χ3v) is 1.14. The lowest BCUT2D eigenvalue weighted by molar-refractivity contribution is -0.798. The predicted octanol–water partition coefficient (Wildman–Crippen LogP) is -1.63. The maximum Gasteiger partial charge on any atom is 0.369 e. The van der Waals surface area contributed by atoms with E-state index >= 15 is 0 Å². The molecule has 0 spiro atoms. The van der Waals surface area contributed by atoms with E-state index in [4.69, 9.17) is 5.11 Å². The van der Waals surface area contributed by atoms with Crippen molar-refractivity contribution in [2.45, 2.75) is 5.72 Å². The summed E-state index contributed by atoms with van der Waals surface area (Å²) in [6.45, 7) is -2.75. The molecular weight excluding hydrogens is 222 g/mol. The van der Waals surface area contributed by atoms with Crippen molar-refractivity contribution >= 4 is 0 Å². The van der Waals surface area contributed by atoms with Gasteiger partial charge in [-0.25, -0.2) is 0 Å². The molecule has 0 aromatic carbocycles. The van der Waals surface area contributed by atoms with Gasteiger partial charge in [-0.2, -0.15) is 0 Å². The maximum absolute atomic E-state index is 10.2. The highest BCUT2D eigenvalue weighted by Crippen LogP contribution is 2.07. The standard InChI is InChI=1S/C3H5N3O9/c7-3(4(8)9,1-14-5(10)11)2-15-6(12)13/h7H,1-2H2. The van der Waals surface area contributed by atoms with Crippen molar-refractivity contribution in [3.63, 3.8) is 0 Å². The molecule has 0 bridgehead atoms. The summed E-state index contributed by atoms with van der Waals surface area (Å²) in [5, 5.41) is 35.8. The first-order valence-electron chi connectivity index (χ1n) is 3.19. The molecule has 1 N–H and O–H groups in total. The van der Waals surface area contributed by atoms with Crippen molar-refractivity contribution in [1.82, 2.24) is 0 Å². The van der Waals surface area contributed by atoms with Crippen molar-refractivity contribution in [2.75, 3.05) is 13.2 Å². The van der Waals surface area contributed by atoms with Gasteiger partial charge >= 0.3 is 5.72 Å². The van der Waals surface area contributed by atoms with E-state index < -0.39 is 34.0 Å². The Labute approximate surface area is 80.4 Å². The first-order chi connectivity index (χ1) is 6.78. The molecule has 15 heavy (non-hydrogen) atoms. The Morgan fingerprint density at radius 3 is 1.53 bits per heavy atom. The average molecular weight is 227 g/mol. The van der Waals surface area contributed by atoms with Gasteiger partial charge in [0.05, 0.1) is 4.92 Å². The molecule has 0 saturated carbocycles. The Morgan fingerprint density at radius 1 is 1.00 bits per heavy atom. The highest BCUT2D eigenvalue weighted by atomic mass is 17.0. The van der Waals surface area contributed by atoms with Crippen molar-refractivity contribution in [2.24, 2.45) is 0 Å². The van der Waals surface area contributed by atoms with Gasteiger partial charge in [0, 0.05) is 0 Å². The quantitative estimate of drug-likeness (QED) is 0.304. The van der Waals surface area contributed by atoms with Crippen LogP contribution in [0.15, 0.2) is 0 Å². The fraction of sp³-hybridized carbons (Fsp3) is 1.00. The van der Waals surface area contributed by atoms with Crippen LogP contribution in [-0.2, 0) is 9.68 Å². The van der Waals surface area contributed by atoms with Crippen LogP contribution in [0.25, 0.3) is 0 Å². The summed E-state index contributed by atoms with van der Waals surface area (Å²) in [4.78, 5) is 35.2. The molecule has 0 aliphatic carbocycles. The van der Waals surface area contributed by atoms with Gasteiger partial charge in [-0.05, 0) is 0 Å². The number of hydrogen-bond donors (Lipinski definition) is 1. The minimum absolute atomic E-state index is 1.37. The van der Waals surface area contributed by atoms with Gasteiger partial charge in [0.1, 0.15) is 0 Å². The molecule has 0 aliphatic rings. The van der Waals surface area contributed by atoms with E-state index in [-0.39, 0.29) is 0 Å². The summed E-state index contributed by atoms with van der Waals surface area (Å²) in [5.41, 5.74) is -3.04. The fourth-order valence-electron chi connectivity index (χ4n) is 0.459. The molecule has 0 unspecified atom stereocenters. The van der Waals surface area contributed by atoms with Gasteiger partial charge in [0.25, 0.3) is 10.2 Å². The Kier molecular flexibility index (Phi) is 4.12. The van der Waals surface area contributed by atoms with E-state index in [0.717, 1.165) is 0 Å². The molecule has 0 aliphatic heterocycles. The van der Waals surface area contributed by atoms with Gasteiger partial charge in [-0.3, -0.25) is 10.1 Å². The number of nitro groups is 1. The normalized spacial score (nSPS) is 10.5. The smallest absolute Gasteiger partial charge is 0.328 e. The van der Waals surface area contributed by atoms with E-state index in [9.17, 15) is 30.3 Å². The molecule has 86 valence electrons. The fourth-order valence-corrected chi connectivity index (χ4v) is 0.459. The molecule has 0 fully saturated rings. The van der Waals surface area contributed by atoms with Gasteiger partial charge in [0.2, 0.25) is 0 Å². The molecule has 0 rings (SSSR count). The lowest BCUT2D eigenvalue weighted by atomic mass is 10.3. The van der Waals surface area contributed by atoms with E-state index in [1.165, 1.54) is 0 Å². The molecular formula is C3H5N3O9. The van der Waals surface area contributed by atoms with Crippen LogP contribution in [0.1, 0.15) is 0 Å². The summed E-state index contributed by atoms with van der Waals surface area (Å²) < 4.78 is 0. The van der Waals surface area contributed by atoms with Crippen LogP contribution >= 0.6 is 0 Å². The SMILES string of the molecule is O=[N+]([O-])OCC(O)(CO[N+](=O)[O-])[N+](=O)[O-]. The molecule has 12 nitrogen and oxygen atoms in total. The highest BCUT2D eigenvalue weighted by Gasteiger charge is 2.43. The van der Waals surface area contributed by atoms with Crippen molar-refractivity contribution in [3.05, 3.63) is 30.3 Å². The van der Waals surface area contributed by atoms with Crippen LogP contribution in [0.3, 0.4) is 0 Å². The van der Waals surface area contributed by atoms with Crippen molar-refractivity contribution < 1.29 is 29.9 Å². The second kappa shape index (κ2) is 4.85. The zero-order valence-corrected chi connectivity index (χ0v) is 6.97. The second-order valence-corrected chi connectivity index (χ2v) is 2.23. The molecule has 0 radical (unpaired) electrons. The molecule has 0 saturated heterocycles. The summed E-state index contributed by atoms with van der Waals surface area (Å²) in [7, 11) is 0. The third-order valence-electron chi connectivity index (χ3n) is 1.14. The molecule has 0 aromatic heterocycles. The largest absolute Gasteiger partial charge is 0.369 e. The van der Waals surface area contributed by atoms with Crippen LogP contribution in [0.4, 0.5) is 0 Å². The van der Waals surface area contributed by atoms with Gasteiger partial charge < -0.3 is 14.8 Å². The lowest BCUT2D eigenvalue weighted by Crippen LogP contribution is -2.48. The van der Waals surface area contributed by atoms with Crippen molar-refractivity contribution in [1.29, 1.82) is 0 Å². The molecule has 0 aromatic rings. The van der Waals surface area contributed by atoms with Crippen LogP contribution < -0.4 is 0 Å². The summed E-state index contributed by atoms with van der Waals surface area (Å²) in [5.74, 6) is 0. The Hall–Kier alpha value is -2.24. The summed E-state index contributed by atoms with van der Waals surface area (Å²) in [6, 6.07) is 0. The van der Waals surface area contributed by atoms with E-state index in [2.05, 4.69) is 9.68 Å². The van der Waals surface area contributed by atoms with E-state index in [1.807, 2.05) is 0 Å². The first-order valence-corrected chi connectivity index (χ1v) is 3.19. The van der Waals surface area contributed by atoms with Gasteiger partial charge in [0.15, 0.2) is 13.2 Å². The topological polar surface area (TPSA) is 168 Å². The molecule has 0 atom stereocenters. The number of aliphatic hydroxyl groups is 1. The summed E-state index contributed by atoms with van der Waals surface area (Å²) in [6.07, 6.45) is 0. The average Bonchev–Trinajstić information content (AvgIpc) is 2.11. The Balaban J connectivity index is 4.38. The zero-order chi connectivity index (χ0) is 12.1. The van der Waals surface area contributed by atoms with Crippen LogP contribution in [0.2, 0.25) is 0 Å². The van der Waals surface area contributed by atoms with Crippen molar-refractivity contribution in [3.8, 4) is 0 Å². The van der Waals surface area contributed by atoms with Gasteiger partial charge in [-0.15, -0.1) is 20.2 Å².